The second-order valence-electron chi connectivity index (χ2n) is 4.81. The lowest BCUT2D eigenvalue weighted by Gasteiger charge is -2.37. The van der Waals surface area contributed by atoms with E-state index >= 15 is 0 Å². The monoisotopic (exact) mass is 205 g/mol. The molecule has 0 aliphatic carbocycles. The van der Waals surface area contributed by atoms with Crippen molar-refractivity contribution in [1.29, 1.82) is 0 Å². The molecular weight excluding hydrogens is 188 g/mol. The predicted molar refractivity (Wildman–Crippen MR) is 59.2 cm³/mol. The Labute approximate surface area is 90.3 Å². The van der Waals surface area contributed by atoms with Gasteiger partial charge >= 0.3 is 0 Å². The largest absolute Gasteiger partial charge is 0.339 e. The molecule has 0 bridgehead atoms. The van der Waals surface area contributed by atoms with Gasteiger partial charge in [0, 0.05) is 0 Å². The van der Waals surface area contributed by atoms with Crippen molar-refractivity contribution in [2.45, 2.75) is 6.04 Å². The summed E-state index contributed by atoms with van der Waals surface area (Å²) in [4.78, 5) is 11.5. The van der Waals surface area contributed by atoms with Gasteiger partial charge in [-0.25, -0.2) is 0 Å². The summed E-state index contributed by atoms with van der Waals surface area (Å²) >= 11 is 0. The molecule has 1 aliphatic heterocycles. The number of benzene rings is 1. The second-order valence-corrected chi connectivity index (χ2v) is 4.81. The molecule has 1 aliphatic rings. The summed E-state index contributed by atoms with van der Waals surface area (Å²) in [5, 5.41) is 3.03. The van der Waals surface area contributed by atoms with Gasteiger partial charge in [0.1, 0.15) is 12.6 Å². The number of quaternary nitrogens is 1. The first-order chi connectivity index (χ1) is 7.07. The molecule has 1 heterocycles. The van der Waals surface area contributed by atoms with Crippen LogP contribution in [0.3, 0.4) is 0 Å². The Hall–Kier alpha value is -1.35. The third-order valence-electron chi connectivity index (χ3n) is 2.79. The molecule has 0 saturated carbocycles. The summed E-state index contributed by atoms with van der Waals surface area (Å²) in [5.41, 5.74) is 1.19. The van der Waals surface area contributed by atoms with E-state index in [1.807, 2.05) is 18.2 Å². The van der Waals surface area contributed by atoms with Crippen molar-refractivity contribution in [3.8, 4) is 0 Å². The molecule has 1 atom stereocenters. The van der Waals surface area contributed by atoms with Gasteiger partial charge in [-0.15, -0.1) is 0 Å². The topological polar surface area (TPSA) is 29.1 Å². The summed E-state index contributed by atoms with van der Waals surface area (Å²) in [6.45, 7) is 1.53. The van der Waals surface area contributed by atoms with Gasteiger partial charge in [0.15, 0.2) is 6.54 Å². The number of rotatable bonds is 1. The lowest BCUT2D eigenvalue weighted by molar-refractivity contribution is -0.887. The zero-order valence-electron chi connectivity index (χ0n) is 9.23. The van der Waals surface area contributed by atoms with Gasteiger partial charge in [-0.1, -0.05) is 30.3 Å². The number of carbonyl (C=O) groups is 1. The fourth-order valence-corrected chi connectivity index (χ4v) is 2.11. The highest BCUT2D eigenvalue weighted by atomic mass is 16.2. The van der Waals surface area contributed by atoms with E-state index in [1.54, 1.807) is 0 Å². The van der Waals surface area contributed by atoms with Crippen LogP contribution in [-0.4, -0.2) is 37.6 Å². The molecule has 1 amide bonds. The first kappa shape index (κ1) is 10.2. The lowest BCUT2D eigenvalue weighted by atomic mass is 10.0. The molecule has 0 radical (unpaired) electrons. The van der Waals surface area contributed by atoms with Crippen LogP contribution in [0, 0.1) is 0 Å². The molecule has 3 heteroatoms. The Bertz CT molecular complexity index is 359. The van der Waals surface area contributed by atoms with Crippen molar-refractivity contribution in [2.24, 2.45) is 0 Å². The zero-order chi connectivity index (χ0) is 10.9. The molecule has 1 N–H and O–H groups in total. The summed E-state index contributed by atoms with van der Waals surface area (Å²) in [5.74, 6) is 0.139. The number of nitrogens with zero attached hydrogens (tertiary/aromatic N) is 1. The van der Waals surface area contributed by atoms with Crippen LogP contribution in [0.2, 0.25) is 0 Å². The lowest BCUT2D eigenvalue weighted by Crippen LogP contribution is -2.57. The van der Waals surface area contributed by atoms with E-state index in [0.717, 1.165) is 11.0 Å². The molecule has 0 spiro atoms. The van der Waals surface area contributed by atoms with Gasteiger partial charge in [0.2, 0.25) is 0 Å². The molecule has 1 aromatic carbocycles. The quantitative estimate of drug-likeness (QED) is 0.679. The van der Waals surface area contributed by atoms with Gasteiger partial charge in [-0.3, -0.25) is 4.79 Å². The molecule has 1 saturated heterocycles. The van der Waals surface area contributed by atoms with Crippen molar-refractivity contribution < 1.29 is 9.28 Å². The van der Waals surface area contributed by atoms with Crippen LogP contribution in [0.1, 0.15) is 11.6 Å². The Balaban J connectivity index is 2.20. The first-order valence-corrected chi connectivity index (χ1v) is 5.23. The Kier molecular flexibility index (Phi) is 2.49. The average molecular weight is 205 g/mol. The molecule has 1 unspecified atom stereocenters. The van der Waals surface area contributed by atoms with E-state index in [2.05, 4.69) is 31.5 Å². The Morgan fingerprint density at radius 3 is 2.53 bits per heavy atom. The fraction of sp³-hybridized carbons (Fsp3) is 0.417. The number of amides is 1. The highest BCUT2D eigenvalue weighted by Crippen LogP contribution is 2.19. The highest BCUT2D eigenvalue weighted by molar-refractivity contribution is 5.78. The van der Waals surface area contributed by atoms with Crippen LogP contribution in [0.4, 0.5) is 0 Å². The van der Waals surface area contributed by atoms with E-state index in [1.165, 1.54) is 5.56 Å². The van der Waals surface area contributed by atoms with E-state index < -0.39 is 0 Å². The van der Waals surface area contributed by atoms with Crippen molar-refractivity contribution in [1.82, 2.24) is 5.32 Å². The van der Waals surface area contributed by atoms with Gasteiger partial charge in [-0.05, 0) is 5.56 Å². The minimum atomic E-state index is 0.139. The van der Waals surface area contributed by atoms with Crippen LogP contribution in [-0.2, 0) is 4.79 Å². The van der Waals surface area contributed by atoms with E-state index in [-0.39, 0.29) is 11.9 Å². The summed E-state index contributed by atoms with van der Waals surface area (Å²) in [6.07, 6.45) is 0. The van der Waals surface area contributed by atoms with Gasteiger partial charge in [0.05, 0.1) is 14.1 Å². The number of piperazine rings is 1. The minimum Gasteiger partial charge on any atom is -0.339 e. The first-order valence-electron chi connectivity index (χ1n) is 5.23. The molecular formula is C12H17N2O+. The SMILES string of the molecule is C[N+]1(C)CC(=O)NC(c2ccccc2)C1. The number of hydrogen-bond acceptors (Lipinski definition) is 1. The maximum Gasteiger partial charge on any atom is 0.275 e. The van der Waals surface area contributed by atoms with Crippen molar-refractivity contribution in [2.75, 3.05) is 27.2 Å². The maximum atomic E-state index is 11.5. The van der Waals surface area contributed by atoms with E-state index in [0.29, 0.717) is 6.54 Å². The molecule has 0 aromatic heterocycles. The maximum absolute atomic E-state index is 11.5. The average Bonchev–Trinajstić information content (AvgIpc) is 2.16. The summed E-state index contributed by atoms with van der Waals surface area (Å²) in [7, 11) is 4.18. The van der Waals surface area contributed by atoms with Crippen LogP contribution < -0.4 is 5.32 Å². The third-order valence-corrected chi connectivity index (χ3v) is 2.79. The smallest absolute Gasteiger partial charge is 0.275 e. The molecule has 80 valence electrons. The fourth-order valence-electron chi connectivity index (χ4n) is 2.11. The highest BCUT2D eigenvalue weighted by Gasteiger charge is 2.32. The minimum absolute atomic E-state index is 0.139. The molecule has 1 fully saturated rings. The molecule has 1 aromatic rings. The standard InChI is InChI=1S/C12H16N2O/c1-14(2)8-11(13-12(15)9-14)10-6-4-3-5-7-10/h3-7,11H,8-9H2,1-2H3/p+1. The normalized spacial score (nSPS) is 24.7. The van der Waals surface area contributed by atoms with Crippen molar-refractivity contribution >= 4 is 5.91 Å². The van der Waals surface area contributed by atoms with Gasteiger partial charge in [-0.2, -0.15) is 0 Å². The second kappa shape index (κ2) is 3.66. The Morgan fingerprint density at radius 2 is 1.93 bits per heavy atom. The summed E-state index contributed by atoms with van der Waals surface area (Å²) < 4.78 is 0.755. The van der Waals surface area contributed by atoms with Crippen molar-refractivity contribution in [3.63, 3.8) is 0 Å². The van der Waals surface area contributed by atoms with E-state index in [9.17, 15) is 4.79 Å². The van der Waals surface area contributed by atoms with Crippen LogP contribution >= 0.6 is 0 Å². The molecule has 15 heavy (non-hydrogen) atoms. The van der Waals surface area contributed by atoms with Crippen LogP contribution in [0.15, 0.2) is 30.3 Å². The summed E-state index contributed by atoms with van der Waals surface area (Å²) in [6, 6.07) is 10.3. The van der Waals surface area contributed by atoms with Crippen LogP contribution in [0.25, 0.3) is 0 Å². The zero-order valence-corrected chi connectivity index (χ0v) is 9.23. The van der Waals surface area contributed by atoms with E-state index in [4.69, 9.17) is 0 Å². The predicted octanol–water partition coefficient (Wildman–Crippen LogP) is 0.934. The van der Waals surface area contributed by atoms with Crippen molar-refractivity contribution in [3.05, 3.63) is 35.9 Å². The Morgan fingerprint density at radius 1 is 1.27 bits per heavy atom. The molecule has 3 nitrogen and oxygen atoms in total. The van der Waals surface area contributed by atoms with Crippen LogP contribution in [0.5, 0.6) is 0 Å². The van der Waals surface area contributed by atoms with Gasteiger partial charge < -0.3 is 9.80 Å². The number of likely N-dealkylation sites (N-methyl/N-ethyl adjacent to an activating group) is 1. The molecule has 2 rings (SSSR count). The third kappa shape index (κ3) is 2.36. The van der Waals surface area contributed by atoms with Gasteiger partial charge in [0.25, 0.3) is 5.91 Å². The number of hydrogen-bond donors (Lipinski definition) is 1. The number of carbonyl (C=O) groups excluding carboxylic acids is 1. The number of nitrogens with one attached hydrogen (secondary N) is 1.